The summed E-state index contributed by atoms with van der Waals surface area (Å²) in [6.07, 6.45) is 1.79. The lowest BCUT2D eigenvalue weighted by atomic mass is 9.98. The Bertz CT molecular complexity index is 491. The second-order valence-corrected chi connectivity index (χ2v) is 6.14. The van der Waals surface area contributed by atoms with Gasteiger partial charge in [-0.1, -0.05) is 20.8 Å². The molecular formula is C16H23F3N2. The molecular weight excluding hydrogens is 277 g/mol. The highest BCUT2D eigenvalue weighted by Crippen LogP contribution is 2.28. The van der Waals surface area contributed by atoms with E-state index >= 15 is 0 Å². The van der Waals surface area contributed by atoms with Gasteiger partial charge in [0.2, 0.25) is 0 Å². The van der Waals surface area contributed by atoms with Crippen molar-refractivity contribution in [2.45, 2.75) is 45.7 Å². The van der Waals surface area contributed by atoms with Crippen LogP contribution in [0, 0.1) is 23.4 Å². The molecule has 2 rings (SSSR count). The Morgan fingerprint density at radius 1 is 1.24 bits per heavy atom. The summed E-state index contributed by atoms with van der Waals surface area (Å²) in [7, 11) is 0. The Hall–Kier alpha value is -1.23. The van der Waals surface area contributed by atoms with E-state index in [2.05, 4.69) is 19.2 Å². The van der Waals surface area contributed by atoms with E-state index in [0.717, 1.165) is 25.5 Å². The van der Waals surface area contributed by atoms with Crippen LogP contribution in [0.15, 0.2) is 12.1 Å². The predicted molar refractivity (Wildman–Crippen MR) is 79.0 cm³/mol. The number of nitrogens with one attached hydrogen (secondary N) is 1. The van der Waals surface area contributed by atoms with Gasteiger partial charge in [0.15, 0.2) is 17.5 Å². The maximum atomic E-state index is 14.1. The number of hydrogen-bond acceptors (Lipinski definition) is 2. The molecule has 1 fully saturated rings. The number of halogens is 3. The van der Waals surface area contributed by atoms with E-state index in [9.17, 15) is 13.2 Å². The van der Waals surface area contributed by atoms with Gasteiger partial charge >= 0.3 is 0 Å². The van der Waals surface area contributed by atoms with Crippen molar-refractivity contribution in [2.75, 3.05) is 18.0 Å². The van der Waals surface area contributed by atoms with Gasteiger partial charge in [-0.15, -0.1) is 0 Å². The molecule has 0 amide bonds. The van der Waals surface area contributed by atoms with Gasteiger partial charge in [-0.05, 0) is 30.9 Å². The average molecular weight is 300 g/mol. The van der Waals surface area contributed by atoms with Crippen molar-refractivity contribution in [1.29, 1.82) is 0 Å². The number of anilines is 1. The lowest BCUT2D eigenvalue weighted by Gasteiger charge is -2.42. The third-order valence-electron chi connectivity index (χ3n) is 4.05. The van der Waals surface area contributed by atoms with Gasteiger partial charge in [-0.3, -0.25) is 0 Å². The smallest absolute Gasteiger partial charge is 0.196 e. The zero-order valence-corrected chi connectivity index (χ0v) is 12.8. The molecule has 0 aromatic heterocycles. The molecule has 1 saturated heterocycles. The molecule has 2 atom stereocenters. The van der Waals surface area contributed by atoms with Crippen LogP contribution in [-0.4, -0.2) is 25.2 Å². The molecule has 0 spiro atoms. The Balaban J connectivity index is 2.27. The Labute approximate surface area is 124 Å². The van der Waals surface area contributed by atoms with Crippen LogP contribution in [0.5, 0.6) is 0 Å². The van der Waals surface area contributed by atoms with E-state index in [1.165, 1.54) is 6.07 Å². The molecule has 0 aliphatic carbocycles. The fourth-order valence-corrected chi connectivity index (χ4v) is 2.99. The topological polar surface area (TPSA) is 15.3 Å². The molecule has 2 unspecified atom stereocenters. The van der Waals surface area contributed by atoms with Crippen molar-refractivity contribution in [3.63, 3.8) is 0 Å². The standard InChI is InChI=1S/C16H23F3N2/c1-4-12-8-20-11(7-10(2)3)9-21(12)14-6-5-13(17)15(18)16(14)19/h5-6,10-12,20H,4,7-9H2,1-3H3. The van der Waals surface area contributed by atoms with E-state index in [0.29, 0.717) is 12.5 Å². The lowest BCUT2D eigenvalue weighted by molar-refractivity contribution is 0.339. The van der Waals surface area contributed by atoms with Gasteiger partial charge < -0.3 is 10.2 Å². The summed E-state index contributed by atoms with van der Waals surface area (Å²) in [4.78, 5) is 1.88. The van der Waals surface area contributed by atoms with Crippen LogP contribution in [0.2, 0.25) is 0 Å². The lowest BCUT2D eigenvalue weighted by Crippen LogP contribution is -2.57. The summed E-state index contributed by atoms with van der Waals surface area (Å²) in [6.45, 7) is 7.62. The molecule has 118 valence electrons. The van der Waals surface area contributed by atoms with Crippen LogP contribution in [0.1, 0.15) is 33.6 Å². The summed E-state index contributed by atoms with van der Waals surface area (Å²) >= 11 is 0. The van der Waals surface area contributed by atoms with Gasteiger partial charge in [0.25, 0.3) is 0 Å². The molecule has 1 aromatic rings. The first kappa shape index (κ1) is 16.1. The SMILES string of the molecule is CCC1CNC(CC(C)C)CN1c1ccc(F)c(F)c1F. The molecule has 1 aliphatic rings. The Kier molecular flexibility index (Phi) is 5.14. The summed E-state index contributed by atoms with van der Waals surface area (Å²) in [5, 5.41) is 3.46. The quantitative estimate of drug-likeness (QED) is 0.853. The van der Waals surface area contributed by atoms with E-state index in [1.807, 2.05) is 11.8 Å². The second-order valence-electron chi connectivity index (χ2n) is 6.14. The van der Waals surface area contributed by atoms with Crippen LogP contribution in [0.25, 0.3) is 0 Å². The maximum absolute atomic E-state index is 14.1. The fraction of sp³-hybridized carbons (Fsp3) is 0.625. The van der Waals surface area contributed by atoms with Crippen molar-refractivity contribution in [3.8, 4) is 0 Å². The van der Waals surface area contributed by atoms with Crippen molar-refractivity contribution in [1.82, 2.24) is 5.32 Å². The minimum absolute atomic E-state index is 0.0905. The summed E-state index contributed by atoms with van der Waals surface area (Å²) in [6, 6.07) is 2.67. The molecule has 1 aliphatic heterocycles. The fourth-order valence-electron chi connectivity index (χ4n) is 2.99. The van der Waals surface area contributed by atoms with Gasteiger partial charge in [0, 0.05) is 25.2 Å². The normalized spacial score (nSPS) is 22.9. The van der Waals surface area contributed by atoms with Crippen LogP contribution >= 0.6 is 0 Å². The zero-order valence-electron chi connectivity index (χ0n) is 12.8. The molecule has 1 aromatic carbocycles. The van der Waals surface area contributed by atoms with Gasteiger partial charge in [0.1, 0.15) is 0 Å². The summed E-state index contributed by atoms with van der Waals surface area (Å²) < 4.78 is 40.7. The second kappa shape index (κ2) is 6.69. The maximum Gasteiger partial charge on any atom is 0.196 e. The third kappa shape index (κ3) is 3.51. The summed E-state index contributed by atoms with van der Waals surface area (Å²) in [5.74, 6) is -3.09. The molecule has 21 heavy (non-hydrogen) atoms. The Morgan fingerprint density at radius 2 is 1.95 bits per heavy atom. The number of benzene rings is 1. The molecule has 2 nitrogen and oxygen atoms in total. The van der Waals surface area contributed by atoms with Crippen molar-refractivity contribution >= 4 is 5.69 Å². The first-order valence-corrected chi connectivity index (χ1v) is 7.57. The van der Waals surface area contributed by atoms with Crippen LogP contribution in [0.3, 0.4) is 0 Å². The minimum Gasteiger partial charge on any atom is -0.363 e. The molecule has 1 N–H and O–H groups in total. The minimum atomic E-state index is -1.39. The highest BCUT2D eigenvalue weighted by Gasteiger charge is 2.30. The largest absolute Gasteiger partial charge is 0.363 e. The van der Waals surface area contributed by atoms with E-state index in [4.69, 9.17) is 0 Å². The van der Waals surface area contributed by atoms with Crippen molar-refractivity contribution in [3.05, 3.63) is 29.6 Å². The number of nitrogens with zero attached hydrogens (tertiary/aromatic N) is 1. The van der Waals surface area contributed by atoms with Gasteiger partial charge in [-0.2, -0.15) is 0 Å². The van der Waals surface area contributed by atoms with E-state index in [-0.39, 0.29) is 17.8 Å². The average Bonchev–Trinajstić information content (AvgIpc) is 2.44. The molecule has 1 heterocycles. The highest BCUT2D eigenvalue weighted by molar-refractivity contribution is 5.50. The molecule has 0 radical (unpaired) electrons. The van der Waals surface area contributed by atoms with Crippen LogP contribution in [0.4, 0.5) is 18.9 Å². The van der Waals surface area contributed by atoms with Crippen molar-refractivity contribution < 1.29 is 13.2 Å². The van der Waals surface area contributed by atoms with Gasteiger partial charge in [-0.25, -0.2) is 13.2 Å². The Morgan fingerprint density at radius 3 is 2.57 bits per heavy atom. The molecule has 5 heteroatoms. The van der Waals surface area contributed by atoms with Crippen LogP contribution in [-0.2, 0) is 0 Å². The summed E-state index contributed by atoms with van der Waals surface area (Å²) in [5.41, 5.74) is 0.163. The zero-order chi connectivity index (χ0) is 15.6. The molecule has 0 bridgehead atoms. The molecule has 0 saturated carbocycles. The highest BCUT2D eigenvalue weighted by atomic mass is 19.2. The number of piperazine rings is 1. The monoisotopic (exact) mass is 300 g/mol. The van der Waals surface area contributed by atoms with E-state index < -0.39 is 17.5 Å². The predicted octanol–water partition coefficient (Wildman–Crippen LogP) is 3.71. The van der Waals surface area contributed by atoms with E-state index in [1.54, 1.807) is 0 Å². The number of rotatable bonds is 4. The number of hydrogen-bond donors (Lipinski definition) is 1. The third-order valence-corrected chi connectivity index (χ3v) is 4.05. The van der Waals surface area contributed by atoms with Gasteiger partial charge in [0.05, 0.1) is 5.69 Å². The first-order valence-electron chi connectivity index (χ1n) is 7.57. The van der Waals surface area contributed by atoms with Crippen LogP contribution < -0.4 is 10.2 Å². The van der Waals surface area contributed by atoms with Crippen molar-refractivity contribution in [2.24, 2.45) is 5.92 Å². The first-order chi connectivity index (χ1) is 9.93.